The molecule has 31 heavy (non-hydrogen) atoms. The molecule has 7 heteroatoms. The summed E-state index contributed by atoms with van der Waals surface area (Å²) in [5.74, 6) is 1.65. The van der Waals surface area contributed by atoms with E-state index >= 15 is 0 Å². The molecule has 1 aromatic carbocycles. The maximum atomic E-state index is 11.2. The Hall–Kier alpha value is -3.03. The largest absolute Gasteiger partial charge is 0.487 e. The molecule has 162 valence electrons. The molecule has 3 heterocycles. The first kappa shape index (κ1) is 21.2. The first-order valence-corrected chi connectivity index (χ1v) is 10.6. The van der Waals surface area contributed by atoms with E-state index in [1.807, 2.05) is 37.4 Å². The van der Waals surface area contributed by atoms with Crippen LogP contribution in [0.2, 0.25) is 0 Å². The van der Waals surface area contributed by atoms with Gasteiger partial charge in [-0.25, -0.2) is 4.98 Å². The summed E-state index contributed by atoms with van der Waals surface area (Å²) in [7, 11) is 2.05. The molecule has 0 saturated carbocycles. The minimum Gasteiger partial charge on any atom is -0.487 e. The first-order chi connectivity index (χ1) is 15.1. The van der Waals surface area contributed by atoms with Crippen molar-refractivity contribution in [1.29, 1.82) is 0 Å². The molecular formula is C24H29N5O2. The zero-order chi connectivity index (χ0) is 21.5. The smallest absolute Gasteiger partial charge is 0.147 e. The second-order valence-corrected chi connectivity index (χ2v) is 8.24. The van der Waals surface area contributed by atoms with Crippen LogP contribution in [0.15, 0.2) is 67.3 Å². The third-order valence-corrected chi connectivity index (χ3v) is 5.48. The van der Waals surface area contributed by atoms with Gasteiger partial charge in [-0.3, -0.25) is 14.9 Å². The molecular weight excluding hydrogens is 390 g/mol. The number of rotatable bonds is 8. The van der Waals surface area contributed by atoms with E-state index in [-0.39, 0.29) is 0 Å². The van der Waals surface area contributed by atoms with E-state index in [2.05, 4.69) is 36.9 Å². The second-order valence-electron chi connectivity index (χ2n) is 8.24. The highest BCUT2D eigenvalue weighted by molar-refractivity contribution is 5.36. The third kappa shape index (κ3) is 5.99. The predicted octanol–water partition coefficient (Wildman–Crippen LogP) is 2.91. The Morgan fingerprint density at radius 3 is 2.71 bits per heavy atom. The second kappa shape index (κ2) is 9.85. The van der Waals surface area contributed by atoms with Crippen molar-refractivity contribution in [3.05, 3.63) is 78.5 Å². The number of benzene rings is 1. The topological polar surface area (TPSA) is 74.6 Å². The molecule has 2 aromatic heterocycles. The van der Waals surface area contributed by atoms with Crippen LogP contribution in [0, 0.1) is 0 Å². The number of pyridine rings is 1. The SMILES string of the molecule is CN(Cc1ccc(OCc2ccccn2)cc1)C[C@@]1(O)CCCN(c2cnccn2)C1. The maximum absolute atomic E-state index is 11.2. The number of hydrogen-bond acceptors (Lipinski definition) is 7. The molecule has 1 atom stereocenters. The molecule has 1 saturated heterocycles. The highest BCUT2D eigenvalue weighted by atomic mass is 16.5. The van der Waals surface area contributed by atoms with Crippen molar-refractivity contribution in [3.8, 4) is 5.75 Å². The van der Waals surface area contributed by atoms with Gasteiger partial charge < -0.3 is 14.7 Å². The Labute approximate surface area is 183 Å². The Kier molecular flexibility index (Phi) is 6.74. The van der Waals surface area contributed by atoms with Gasteiger partial charge in [-0.15, -0.1) is 0 Å². The fraction of sp³-hybridized carbons (Fsp3) is 0.375. The van der Waals surface area contributed by atoms with Crippen LogP contribution < -0.4 is 9.64 Å². The summed E-state index contributed by atoms with van der Waals surface area (Å²) in [6.07, 6.45) is 8.61. The van der Waals surface area contributed by atoms with Crippen molar-refractivity contribution in [2.24, 2.45) is 0 Å². The number of ether oxygens (including phenoxy) is 1. The lowest BCUT2D eigenvalue weighted by atomic mass is 9.92. The van der Waals surface area contributed by atoms with E-state index in [0.717, 1.165) is 43.2 Å². The van der Waals surface area contributed by atoms with Gasteiger partial charge in [0.05, 0.1) is 17.5 Å². The number of likely N-dealkylation sites (N-methyl/N-ethyl adjacent to an activating group) is 1. The molecule has 3 aromatic rings. The quantitative estimate of drug-likeness (QED) is 0.602. The summed E-state index contributed by atoms with van der Waals surface area (Å²) in [5.41, 5.74) is 1.32. The highest BCUT2D eigenvalue weighted by Gasteiger charge is 2.34. The Morgan fingerprint density at radius 2 is 1.97 bits per heavy atom. The number of nitrogens with zero attached hydrogens (tertiary/aromatic N) is 5. The zero-order valence-corrected chi connectivity index (χ0v) is 17.9. The Balaban J connectivity index is 1.29. The van der Waals surface area contributed by atoms with Crippen LogP contribution in [-0.4, -0.2) is 57.2 Å². The molecule has 0 bridgehead atoms. The first-order valence-electron chi connectivity index (χ1n) is 10.6. The Bertz CT molecular complexity index is 939. The summed E-state index contributed by atoms with van der Waals surface area (Å²) >= 11 is 0. The van der Waals surface area contributed by atoms with Crippen LogP contribution in [-0.2, 0) is 13.2 Å². The normalized spacial score (nSPS) is 18.9. The average Bonchev–Trinajstić information content (AvgIpc) is 2.79. The van der Waals surface area contributed by atoms with Crippen molar-refractivity contribution in [3.63, 3.8) is 0 Å². The standard InChI is InChI=1S/C24H29N5O2/c1-28(18-24(30)10-4-14-29(19-24)23-15-25-12-13-27-23)16-20-6-8-22(9-7-20)31-17-21-5-2-3-11-26-21/h2-3,5-9,11-13,15,30H,4,10,14,16-19H2,1H3/t24-/m0/s1. The van der Waals surface area contributed by atoms with Gasteiger partial charge in [-0.2, -0.15) is 0 Å². The van der Waals surface area contributed by atoms with E-state index in [9.17, 15) is 5.11 Å². The van der Waals surface area contributed by atoms with Gasteiger partial charge in [0.1, 0.15) is 18.2 Å². The molecule has 0 radical (unpaired) electrons. The van der Waals surface area contributed by atoms with Crippen molar-refractivity contribution in [1.82, 2.24) is 19.9 Å². The van der Waals surface area contributed by atoms with Gasteiger partial charge >= 0.3 is 0 Å². The number of anilines is 1. The fourth-order valence-corrected chi connectivity index (χ4v) is 4.09. The minimum absolute atomic E-state index is 0.454. The highest BCUT2D eigenvalue weighted by Crippen LogP contribution is 2.25. The van der Waals surface area contributed by atoms with E-state index < -0.39 is 5.60 Å². The monoisotopic (exact) mass is 419 g/mol. The molecule has 1 N–H and O–H groups in total. The van der Waals surface area contributed by atoms with Gasteiger partial charge in [-0.05, 0) is 49.7 Å². The van der Waals surface area contributed by atoms with Crippen molar-refractivity contribution >= 4 is 5.82 Å². The lowest BCUT2D eigenvalue weighted by molar-refractivity contribution is -0.00349. The van der Waals surface area contributed by atoms with Crippen molar-refractivity contribution in [2.45, 2.75) is 31.6 Å². The van der Waals surface area contributed by atoms with Gasteiger partial charge in [0.25, 0.3) is 0 Å². The summed E-state index contributed by atoms with van der Waals surface area (Å²) in [6.45, 7) is 3.27. The lowest BCUT2D eigenvalue weighted by Gasteiger charge is -2.41. The number of aromatic nitrogens is 3. The molecule has 1 aliphatic rings. The van der Waals surface area contributed by atoms with Gasteiger partial charge in [0, 0.05) is 44.8 Å². The average molecular weight is 420 g/mol. The van der Waals surface area contributed by atoms with E-state index in [0.29, 0.717) is 19.7 Å². The minimum atomic E-state index is -0.768. The molecule has 0 unspecified atom stereocenters. The third-order valence-electron chi connectivity index (χ3n) is 5.48. The Morgan fingerprint density at radius 1 is 1.10 bits per heavy atom. The maximum Gasteiger partial charge on any atom is 0.147 e. The van der Waals surface area contributed by atoms with Crippen LogP contribution in [0.4, 0.5) is 5.82 Å². The summed E-state index contributed by atoms with van der Waals surface area (Å²) in [4.78, 5) is 17.1. The number of β-amino-alcohol motifs (C(OH)–C–C–N with tert-alkyl or cyclic N) is 1. The number of piperidine rings is 1. The fourth-order valence-electron chi connectivity index (χ4n) is 4.09. The van der Waals surface area contributed by atoms with Crippen LogP contribution >= 0.6 is 0 Å². The van der Waals surface area contributed by atoms with Crippen molar-refractivity contribution in [2.75, 3.05) is 31.6 Å². The molecule has 0 aliphatic carbocycles. The lowest BCUT2D eigenvalue weighted by Crippen LogP contribution is -2.54. The number of aliphatic hydroxyl groups is 1. The predicted molar refractivity (Wildman–Crippen MR) is 120 cm³/mol. The van der Waals surface area contributed by atoms with E-state index in [4.69, 9.17) is 4.74 Å². The molecule has 0 amide bonds. The van der Waals surface area contributed by atoms with Gasteiger partial charge in [0.2, 0.25) is 0 Å². The molecule has 7 nitrogen and oxygen atoms in total. The van der Waals surface area contributed by atoms with E-state index in [1.165, 1.54) is 5.56 Å². The number of hydrogen-bond donors (Lipinski definition) is 1. The summed E-state index contributed by atoms with van der Waals surface area (Å²) < 4.78 is 5.81. The summed E-state index contributed by atoms with van der Waals surface area (Å²) in [6, 6.07) is 13.9. The van der Waals surface area contributed by atoms with E-state index in [1.54, 1.807) is 24.8 Å². The van der Waals surface area contributed by atoms with Gasteiger partial charge in [0.15, 0.2) is 0 Å². The molecule has 4 rings (SSSR count). The molecule has 0 spiro atoms. The van der Waals surface area contributed by atoms with Crippen LogP contribution in [0.25, 0.3) is 0 Å². The van der Waals surface area contributed by atoms with Crippen LogP contribution in [0.3, 0.4) is 0 Å². The van der Waals surface area contributed by atoms with Crippen LogP contribution in [0.1, 0.15) is 24.1 Å². The van der Waals surface area contributed by atoms with Gasteiger partial charge in [-0.1, -0.05) is 18.2 Å². The van der Waals surface area contributed by atoms with Crippen LogP contribution in [0.5, 0.6) is 5.75 Å². The molecule has 1 fully saturated rings. The molecule has 1 aliphatic heterocycles. The summed E-state index contributed by atoms with van der Waals surface area (Å²) in [5, 5.41) is 11.2. The van der Waals surface area contributed by atoms with Crippen molar-refractivity contribution < 1.29 is 9.84 Å². The zero-order valence-electron chi connectivity index (χ0n) is 17.9.